The van der Waals surface area contributed by atoms with Gasteiger partial charge in [-0.05, 0) is 44.0 Å². The lowest BCUT2D eigenvalue weighted by Crippen LogP contribution is -2.42. The molecule has 0 N–H and O–H groups in total. The molecular formula is C17H19N3O3S. The Morgan fingerprint density at radius 2 is 1.96 bits per heavy atom. The first-order valence-corrected chi connectivity index (χ1v) is 9.44. The molecule has 2 aliphatic rings. The highest BCUT2D eigenvalue weighted by Gasteiger charge is 2.47. The van der Waals surface area contributed by atoms with Crippen molar-refractivity contribution in [3.63, 3.8) is 0 Å². The molecule has 24 heavy (non-hydrogen) atoms. The van der Waals surface area contributed by atoms with Gasteiger partial charge in [0.15, 0.2) is 0 Å². The molecule has 1 aromatic heterocycles. The lowest BCUT2D eigenvalue weighted by molar-refractivity contribution is 0.300. The molecule has 6 nitrogen and oxygen atoms in total. The Kier molecular flexibility index (Phi) is 3.58. The number of aryl methyl sites for hydroxylation is 1. The lowest BCUT2D eigenvalue weighted by Gasteiger charge is -2.34. The van der Waals surface area contributed by atoms with Crippen LogP contribution >= 0.6 is 0 Å². The van der Waals surface area contributed by atoms with Crippen LogP contribution in [0.15, 0.2) is 35.4 Å². The van der Waals surface area contributed by atoms with Gasteiger partial charge in [0.25, 0.3) is 0 Å². The summed E-state index contributed by atoms with van der Waals surface area (Å²) in [6, 6.07) is 6.39. The van der Waals surface area contributed by atoms with E-state index in [0.717, 1.165) is 29.9 Å². The smallest absolute Gasteiger partial charge is 0.243 e. The van der Waals surface area contributed by atoms with Gasteiger partial charge in [0, 0.05) is 24.2 Å². The zero-order chi connectivity index (χ0) is 16.9. The van der Waals surface area contributed by atoms with E-state index >= 15 is 0 Å². The largest absolute Gasteiger partial charge is 0.497 e. The van der Waals surface area contributed by atoms with E-state index in [0.29, 0.717) is 17.1 Å². The maximum absolute atomic E-state index is 13.2. The highest BCUT2D eigenvalue weighted by atomic mass is 32.2. The minimum absolute atomic E-state index is 0.0242. The first-order chi connectivity index (χ1) is 11.5. The number of benzene rings is 1. The van der Waals surface area contributed by atoms with Gasteiger partial charge in [0.2, 0.25) is 10.0 Å². The van der Waals surface area contributed by atoms with Crippen LogP contribution in [0.5, 0.6) is 5.75 Å². The third kappa shape index (κ3) is 2.31. The first-order valence-electron chi connectivity index (χ1n) is 8.00. The van der Waals surface area contributed by atoms with Crippen LogP contribution in [0.3, 0.4) is 0 Å². The van der Waals surface area contributed by atoms with Crippen molar-refractivity contribution in [3.05, 3.63) is 47.5 Å². The van der Waals surface area contributed by atoms with Crippen molar-refractivity contribution < 1.29 is 13.2 Å². The number of ether oxygens (including phenoxy) is 1. The maximum Gasteiger partial charge on any atom is 0.243 e. The van der Waals surface area contributed by atoms with E-state index < -0.39 is 10.0 Å². The number of nitrogens with zero attached hydrogens (tertiary/aromatic N) is 3. The second-order valence-corrected chi connectivity index (χ2v) is 8.12. The van der Waals surface area contributed by atoms with Crippen LogP contribution in [0.4, 0.5) is 0 Å². The summed E-state index contributed by atoms with van der Waals surface area (Å²) in [5, 5.41) is 0. The molecule has 0 aliphatic carbocycles. The second-order valence-electron chi connectivity index (χ2n) is 6.28. The maximum atomic E-state index is 13.2. The standard InChI is InChI=1S/C17H19N3O3S/c1-11-18-10-15-16(19-11)9-12-3-8-17(15)20(12)24(21,22)14-6-4-13(23-2)5-7-14/h4-7,10,12,17H,3,8-9H2,1-2H3. The Labute approximate surface area is 141 Å². The number of fused-ring (bicyclic) bond motifs is 4. The van der Waals surface area contributed by atoms with E-state index in [4.69, 9.17) is 4.74 Å². The number of sulfonamides is 1. The summed E-state index contributed by atoms with van der Waals surface area (Å²) in [7, 11) is -1.99. The fraction of sp³-hybridized carbons (Fsp3) is 0.412. The molecule has 2 atom stereocenters. The summed E-state index contributed by atoms with van der Waals surface area (Å²) in [5.74, 6) is 1.38. The zero-order valence-electron chi connectivity index (χ0n) is 13.6. The highest BCUT2D eigenvalue weighted by molar-refractivity contribution is 7.89. The Morgan fingerprint density at radius 1 is 1.21 bits per heavy atom. The van der Waals surface area contributed by atoms with E-state index in [2.05, 4.69) is 9.97 Å². The second kappa shape index (κ2) is 5.53. The molecule has 4 rings (SSSR count). The van der Waals surface area contributed by atoms with Crippen LogP contribution in [-0.4, -0.2) is 35.8 Å². The first kappa shape index (κ1) is 15.5. The molecule has 126 valence electrons. The molecule has 1 saturated heterocycles. The van der Waals surface area contributed by atoms with Crippen LogP contribution in [0.2, 0.25) is 0 Å². The predicted molar refractivity (Wildman–Crippen MR) is 88.3 cm³/mol. The third-order valence-corrected chi connectivity index (χ3v) is 6.86. The van der Waals surface area contributed by atoms with Gasteiger partial charge in [-0.25, -0.2) is 18.4 Å². The molecule has 2 bridgehead atoms. The molecule has 0 saturated carbocycles. The normalized spacial score (nSPS) is 23.1. The Bertz CT molecular complexity index is 880. The molecule has 1 fully saturated rings. The number of rotatable bonds is 3. The molecule has 2 aliphatic heterocycles. The number of hydrogen-bond donors (Lipinski definition) is 0. The van der Waals surface area contributed by atoms with Crippen molar-refractivity contribution in [2.45, 2.75) is 43.2 Å². The minimum atomic E-state index is -3.55. The quantitative estimate of drug-likeness (QED) is 0.853. The van der Waals surface area contributed by atoms with Gasteiger partial charge in [-0.3, -0.25) is 0 Å². The van der Waals surface area contributed by atoms with Gasteiger partial charge in [0.1, 0.15) is 11.6 Å². The van der Waals surface area contributed by atoms with E-state index in [1.165, 1.54) is 0 Å². The predicted octanol–water partition coefficient (Wildman–Crippen LogP) is 2.24. The summed E-state index contributed by atoms with van der Waals surface area (Å²) < 4.78 is 33.1. The van der Waals surface area contributed by atoms with Crippen molar-refractivity contribution in [1.29, 1.82) is 0 Å². The zero-order valence-corrected chi connectivity index (χ0v) is 14.5. The van der Waals surface area contributed by atoms with E-state index in [1.54, 1.807) is 41.9 Å². The summed E-state index contributed by atoms with van der Waals surface area (Å²) in [5.41, 5.74) is 1.95. The number of methoxy groups -OCH3 is 1. The average molecular weight is 345 g/mol. The molecule has 0 radical (unpaired) electrons. The van der Waals surface area contributed by atoms with E-state index in [1.807, 2.05) is 6.92 Å². The van der Waals surface area contributed by atoms with Crippen molar-refractivity contribution in [3.8, 4) is 5.75 Å². The Balaban J connectivity index is 1.75. The molecule has 1 aromatic carbocycles. The summed E-state index contributed by atoms with van der Waals surface area (Å²) in [4.78, 5) is 9.09. The van der Waals surface area contributed by atoms with E-state index in [-0.39, 0.29) is 12.1 Å². The Hall–Kier alpha value is -1.99. The lowest BCUT2D eigenvalue weighted by atomic mass is 10.0. The average Bonchev–Trinajstić information content (AvgIpc) is 2.91. The van der Waals surface area contributed by atoms with Crippen LogP contribution in [0.25, 0.3) is 0 Å². The molecular weight excluding hydrogens is 326 g/mol. The van der Waals surface area contributed by atoms with Gasteiger partial charge < -0.3 is 4.74 Å². The molecule has 2 unspecified atom stereocenters. The van der Waals surface area contributed by atoms with Crippen LogP contribution in [0, 0.1) is 6.92 Å². The van der Waals surface area contributed by atoms with Gasteiger partial charge in [-0.15, -0.1) is 0 Å². The van der Waals surface area contributed by atoms with Gasteiger partial charge in [0.05, 0.1) is 23.7 Å². The van der Waals surface area contributed by atoms with Crippen LogP contribution < -0.4 is 4.74 Å². The number of hydrogen-bond acceptors (Lipinski definition) is 5. The fourth-order valence-corrected chi connectivity index (χ4v) is 5.62. The minimum Gasteiger partial charge on any atom is -0.497 e. The fourth-order valence-electron chi connectivity index (χ4n) is 3.77. The molecule has 3 heterocycles. The van der Waals surface area contributed by atoms with Crippen molar-refractivity contribution in [1.82, 2.24) is 14.3 Å². The summed E-state index contributed by atoms with van der Waals surface area (Å²) in [6.07, 6.45) is 4.12. The van der Waals surface area contributed by atoms with Gasteiger partial charge in [-0.2, -0.15) is 4.31 Å². The third-order valence-electron chi connectivity index (χ3n) is 4.88. The molecule has 0 amide bonds. The van der Waals surface area contributed by atoms with Crippen molar-refractivity contribution in [2.75, 3.05) is 7.11 Å². The summed E-state index contributed by atoms with van der Waals surface area (Å²) in [6.45, 7) is 1.86. The SMILES string of the molecule is COc1ccc(S(=O)(=O)N2C3CCC2c2cnc(C)nc2C3)cc1. The topological polar surface area (TPSA) is 72.4 Å². The van der Waals surface area contributed by atoms with Gasteiger partial charge >= 0.3 is 0 Å². The molecule has 7 heteroatoms. The highest BCUT2D eigenvalue weighted by Crippen LogP contribution is 2.46. The van der Waals surface area contributed by atoms with E-state index in [9.17, 15) is 8.42 Å². The van der Waals surface area contributed by atoms with Crippen molar-refractivity contribution >= 4 is 10.0 Å². The van der Waals surface area contributed by atoms with Gasteiger partial charge in [-0.1, -0.05) is 0 Å². The monoisotopic (exact) mass is 345 g/mol. The molecule has 2 aromatic rings. The summed E-state index contributed by atoms with van der Waals surface area (Å²) >= 11 is 0. The Morgan fingerprint density at radius 3 is 2.67 bits per heavy atom. The molecule has 0 spiro atoms. The van der Waals surface area contributed by atoms with Crippen LogP contribution in [0.1, 0.15) is 36.0 Å². The van der Waals surface area contributed by atoms with Crippen LogP contribution in [-0.2, 0) is 16.4 Å². The van der Waals surface area contributed by atoms with Crippen molar-refractivity contribution in [2.24, 2.45) is 0 Å². The number of aromatic nitrogens is 2.